The van der Waals surface area contributed by atoms with Crippen molar-refractivity contribution in [3.05, 3.63) is 23.0 Å². The monoisotopic (exact) mass is 337 g/mol. The van der Waals surface area contributed by atoms with Crippen molar-refractivity contribution in [2.24, 2.45) is 0 Å². The lowest BCUT2D eigenvalue weighted by molar-refractivity contribution is 0.0106. The molecule has 1 saturated heterocycles. The van der Waals surface area contributed by atoms with E-state index in [0.29, 0.717) is 11.7 Å². The minimum Gasteiger partial charge on any atom is -0.444 e. The van der Waals surface area contributed by atoms with Gasteiger partial charge in [-0.3, -0.25) is 4.90 Å². The van der Waals surface area contributed by atoms with Crippen molar-refractivity contribution in [3.8, 4) is 0 Å². The largest absolute Gasteiger partial charge is 0.444 e. The summed E-state index contributed by atoms with van der Waals surface area (Å²) in [5.74, 6) is 0. The Morgan fingerprint density at radius 3 is 2.61 bits per heavy atom. The van der Waals surface area contributed by atoms with E-state index in [1.165, 1.54) is 0 Å². The number of carbonyl (C=O) groups is 1. The Hall–Kier alpha value is -1.49. The fourth-order valence-electron chi connectivity index (χ4n) is 3.09. The van der Waals surface area contributed by atoms with E-state index in [2.05, 4.69) is 16.0 Å². The molecule has 1 amide bonds. The quantitative estimate of drug-likeness (QED) is 0.734. The van der Waals surface area contributed by atoms with Gasteiger partial charge in [0.25, 0.3) is 0 Å². The normalized spacial score (nSPS) is 19.9. The zero-order valence-corrected chi connectivity index (χ0v) is 15.0. The van der Waals surface area contributed by atoms with E-state index < -0.39 is 5.60 Å². The van der Waals surface area contributed by atoms with Crippen LogP contribution in [0.4, 0.5) is 10.5 Å². The van der Waals surface area contributed by atoms with Crippen LogP contribution in [0.2, 0.25) is 5.15 Å². The van der Waals surface area contributed by atoms with Crippen LogP contribution in [0.1, 0.15) is 39.2 Å². The van der Waals surface area contributed by atoms with Crippen LogP contribution in [0.15, 0.2) is 12.3 Å². The third kappa shape index (κ3) is 3.39. The molecule has 2 fully saturated rings. The molecular weight excluding hydrogens is 314 g/mol. The number of rotatable bonds is 1. The van der Waals surface area contributed by atoms with E-state index in [9.17, 15) is 4.79 Å². The lowest BCUT2D eigenvalue weighted by Gasteiger charge is -2.43. The Bertz CT molecular complexity index is 623. The first kappa shape index (κ1) is 16.4. The Morgan fingerprint density at radius 2 is 2.04 bits per heavy atom. The van der Waals surface area contributed by atoms with Gasteiger partial charge in [0, 0.05) is 19.6 Å². The molecule has 1 spiro atoms. The van der Waals surface area contributed by atoms with Crippen LogP contribution < -0.4 is 4.90 Å². The van der Waals surface area contributed by atoms with Crippen LogP contribution in [-0.4, -0.2) is 46.8 Å². The van der Waals surface area contributed by atoms with Gasteiger partial charge in [-0.05, 0) is 52.2 Å². The first-order valence-electron chi connectivity index (χ1n) is 8.08. The number of carbonyl (C=O) groups excluding carboxylic acids is 1. The maximum Gasteiger partial charge on any atom is 0.410 e. The zero-order valence-electron chi connectivity index (χ0n) is 14.2. The Morgan fingerprint density at radius 1 is 1.35 bits per heavy atom. The number of pyridine rings is 1. The SMILES string of the molecule is Cc1cc(N2CCN(C(=O)OC(C)(C)C)C3(CC3)C2)cnc1Cl. The molecular formula is C17H24ClN3O2. The molecule has 0 N–H and O–H groups in total. The van der Waals surface area contributed by atoms with Gasteiger partial charge in [-0.25, -0.2) is 9.78 Å². The van der Waals surface area contributed by atoms with Crippen LogP contribution in [0, 0.1) is 6.92 Å². The minimum absolute atomic E-state index is 0.0753. The van der Waals surface area contributed by atoms with Crippen molar-refractivity contribution in [1.29, 1.82) is 0 Å². The third-order valence-corrected chi connectivity index (χ3v) is 4.85. The average molecular weight is 338 g/mol. The zero-order chi connectivity index (χ0) is 16.8. The van der Waals surface area contributed by atoms with Crippen molar-refractivity contribution in [3.63, 3.8) is 0 Å². The highest BCUT2D eigenvalue weighted by molar-refractivity contribution is 6.30. The molecule has 5 nitrogen and oxygen atoms in total. The van der Waals surface area contributed by atoms with Gasteiger partial charge >= 0.3 is 6.09 Å². The molecule has 1 saturated carbocycles. The molecule has 2 heterocycles. The molecule has 1 aliphatic heterocycles. The predicted octanol–water partition coefficient (Wildman–Crippen LogP) is 3.63. The van der Waals surface area contributed by atoms with Gasteiger partial charge in [0.2, 0.25) is 0 Å². The van der Waals surface area contributed by atoms with Crippen LogP contribution in [-0.2, 0) is 4.74 Å². The van der Waals surface area contributed by atoms with Gasteiger partial charge in [-0.2, -0.15) is 0 Å². The van der Waals surface area contributed by atoms with Gasteiger partial charge < -0.3 is 9.64 Å². The van der Waals surface area contributed by atoms with Crippen molar-refractivity contribution in [2.75, 3.05) is 24.5 Å². The Labute approximate surface area is 142 Å². The molecule has 3 rings (SSSR count). The second-order valence-corrected chi connectivity index (χ2v) is 7.94. The number of aromatic nitrogens is 1. The lowest BCUT2D eigenvalue weighted by atomic mass is 10.1. The number of hydrogen-bond acceptors (Lipinski definition) is 4. The molecule has 23 heavy (non-hydrogen) atoms. The molecule has 6 heteroatoms. The molecule has 0 radical (unpaired) electrons. The fraction of sp³-hybridized carbons (Fsp3) is 0.647. The van der Waals surface area contributed by atoms with Crippen molar-refractivity contribution in [1.82, 2.24) is 9.88 Å². The second-order valence-electron chi connectivity index (χ2n) is 7.58. The van der Waals surface area contributed by atoms with Gasteiger partial charge in [0.05, 0.1) is 17.4 Å². The van der Waals surface area contributed by atoms with Crippen LogP contribution >= 0.6 is 11.6 Å². The summed E-state index contributed by atoms with van der Waals surface area (Å²) in [4.78, 5) is 20.9. The molecule has 0 bridgehead atoms. The number of anilines is 1. The molecule has 1 aliphatic carbocycles. The van der Waals surface area contributed by atoms with Crippen molar-refractivity contribution >= 4 is 23.4 Å². The first-order chi connectivity index (χ1) is 10.7. The highest BCUT2D eigenvalue weighted by atomic mass is 35.5. The molecule has 2 aliphatic rings. The summed E-state index contributed by atoms with van der Waals surface area (Å²) in [6, 6.07) is 2.06. The molecule has 1 aromatic heterocycles. The number of hydrogen-bond donors (Lipinski definition) is 0. The standard InChI is InChI=1S/C17H24ClN3O2/c1-12-9-13(10-19-14(12)18)20-7-8-21(17(11-20)5-6-17)15(22)23-16(2,3)4/h9-10H,5-8,11H2,1-4H3. The Kier molecular flexibility index (Phi) is 3.95. The lowest BCUT2D eigenvalue weighted by Crippen LogP contribution is -2.58. The fourth-order valence-corrected chi connectivity index (χ4v) is 3.19. The summed E-state index contributed by atoms with van der Waals surface area (Å²) in [6.07, 6.45) is 3.68. The van der Waals surface area contributed by atoms with E-state index in [4.69, 9.17) is 16.3 Å². The number of halogens is 1. The number of aryl methyl sites for hydroxylation is 1. The number of nitrogens with zero attached hydrogens (tertiary/aromatic N) is 3. The van der Waals surface area contributed by atoms with Crippen LogP contribution in [0.5, 0.6) is 0 Å². The van der Waals surface area contributed by atoms with E-state index in [1.807, 2.05) is 38.8 Å². The van der Waals surface area contributed by atoms with Gasteiger partial charge in [0.15, 0.2) is 0 Å². The van der Waals surface area contributed by atoms with Crippen molar-refractivity contribution in [2.45, 2.75) is 51.7 Å². The number of piperazine rings is 1. The summed E-state index contributed by atoms with van der Waals surface area (Å²) >= 11 is 6.02. The third-order valence-electron chi connectivity index (χ3n) is 4.46. The highest BCUT2D eigenvalue weighted by Gasteiger charge is 2.54. The van der Waals surface area contributed by atoms with E-state index in [1.54, 1.807) is 0 Å². The summed E-state index contributed by atoms with van der Waals surface area (Å²) in [5, 5.41) is 0.544. The van der Waals surface area contributed by atoms with Crippen LogP contribution in [0.3, 0.4) is 0 Å². The van der Waals surface area contributed by atoms with Crippen molar-refractivity contribution < 1.29 is 9.53 Å². The summed E-state index contributed by atoms with van der Waals surface area (Å²) in [7, 11) is 0. The van der Waals surface area contributed by atoms with E-state index in [-0.39, 0.29) is 11.6 Å². The topological polar surface area (TPSA) is 45.7 Å². The van der Waals surface area contributed by atoms with E-state index in [0.717, 1.165) is 37.2 Å². The predicted molar refractivity (Wildman–Crippen MR) is 91.1 cm³/mol. The molecule has 0 aromatic carbocycles. The molecule has 0 atom stereocenters. The first-order valence-corrected chi connectivity index (χ1v) is 8.46. The summed E-state index contributed by atoms with van der Waals surface area (Å²) in [6.45, 7) is 9.96. The summed E-state index contributed by atoms with van der Waals surface area (Å²) < 4.78 is 5.57. The minimum atomic E-state index is -0.457. The summed E-state index contributed by atoms with van der Waals surface area (Å²) in [5.41, 5.74) is 1.51. The average Bonchev–Trinajstić information content (AvgIpc) is 3.19. The van der Waals surface area contributed by atoms with E-state index >= 15 is 0 Å². The maximum absolute atomic E-state index is 12.5. The molecule has 1 aromatic rings. The number of ether oxygens (including phenoxy) is 1. The molecule has 0 unspecified atom stereocenters. The number of amides is 1. The molecule has 126 valence electrons. The van der Waals surface area contributed by atoms with Gasteiger partial charge in [-0.1, -0.05) is 11.6 Å². The van der Waals surface area contributed by atoms with Gasteiger partial charge in [0.1, 0.15) is 10.8 Å². The second kappa shape index (κ2) is 5.55. The highest BCUT2D eigenvalue weighted by Crippen LogP contribution is 2.45. The maximum atomic E-state index is 12.5. The smallest absolute Gasteiger partial charge is 0.410 e. The van der Waals surface area contributed by atoms with Gasteiger partial charge in [-0.15, -0.1) is 0 Å². The Balaban J connectivity index is 1.73. The van der Waals surface area contributed by atoms with Crippen LogP contribution in [0.25, 0.3) is 0 Å².